The zero-order chi connectivity index (χ0) is 15.5. The highest BCUT2D eigenvalue weighted by atomic mass is 35.5. The SMILES string of the molecule is O=C(C=Cc1ccc(Cl)cc1S(=O)(=O)O)c1ccccc1. The van der Waals surface area contributed by atoms with Crippen LogP contribution < -0.4 is 0 Å². The molecular weight excluding hydrogens is 312 g/mol. The van der Waals surface area contributed by atoms with Gasteiger partial charge in [-0.2, -0.15) is 8.42 Å². The van der Waals surface area contributed by atoms with E-state index in [-0.39, 0.29) is 21.3 Å². The molecule has 0 aliphatic rings. The third-order valence-electron chi connectivity index (χ3n) is 2.73. The van der Waals surface area contributed by atoms with E-state index in [4.69, 9.17) is 11.6 Å². The Morgan fingerprint density at radius 1 is 1.10 bits per heavy atom. The number of allylic oxidation sites excluding steroid dienone is 1. The Kier molecular flexibility index (Phi) is 4.57. The van der Waals surface area contributed by atoms with E-state index in [1.807, 2.05) is 0 Å². The number of benzene rings is 2. The Bertz CT molecular complexity index is 796. The van der Waals surface area contributed by atoms with Crippen molar-refractivity contribution in [3.63, 3.8) is 0 Å². The van der Waals surface area contributed by atoms with Crippen LogP contribution in [0, 0.1) is 0 Å². The summed E-state index contributed by atoms with van der Waals surface area (Å²) in [6.07, 6.45) is 2.57. The normalized spacial score (nSPS) is 11.7. The minimum atomic E-state index is -4.42. The smallest absolute Gasteiger partial charge is 0.289 e. The maximum Gasteiger partial charge on any atom is 0.295 e. The Labute approximate surface area is 127 Å². The molecule has 2 aromatic rings. The predicted octanol–water partition coefficient (Wildman–Crippen LogP) is 3.48. The third-order valence-corrected chi connectivity index (χ3v) is 3.87. The van der Waals surface area contributed by atoms with Crippen molar-refractivity contribution in [3.8, 4) is 0 Å². The summed E-state index contributed by atoms with van der Waals surface area (Å²) in [6, 6.07) is 12.6. The van der Waals surface area contributed by atoms with Gasteiger partial charge in [0.05, 0.1) is 0 Å². The molecule has 0 aliphatic heterocycles. The minimum absolute atomic E-state index is 0.175. The van der Waals surface area contributed by atoms with E-state index in [2.05, 4.69) is 0 Å². The lowest BCUT2D eigenvalue weighted by atomic mass is 10.1. The fourth-order valence-electron chi connectivity index (χ4n) is 1.73. The van der Waals surface area contributed by atoms with Crippen LogP contribution >= 0.6 is 11.6 Å². The average Bonchev–Trinajstić information content (AvgIpc) is 2.45. The molecule has 0 aromatic heterocycles. The van der Waals surface area contributed by atoms with E-state index in [9.17, 15) is 17.8 Å². The summed E-state index contributed by atoms with van der Waals surface area (Å²) >= 11 is 5.71. The standard InChI is InChI=1S/C15H11ClO4S/c16-13-8-6-12(15(10-13)21(18,19)20)7-9-14(17)11-4-2-1-3-5-11/h1-10H,(H,18,19,20). The highest BCUT2D eigenvalue weighted by Gasteiger charge is 2.14. The second-order valence-electron chi connectivity index (χ2n) is 4.22. The van der Waals surface area contributed by atoms with Crippen molar-refractivity contribution in [1.29, 1.82) is 0 Å². The maximum atomic E-state index is 11.9. The van der Waals surface area contributed by atoms with Crippen LogP contribution in [-0.2, 0) is 10.1 Å². The monoisotopic (exact) mass is 322 g/mol. The van der Waals surface area contributed by atoms with Crippen molar-refractivity contribution in [3.05, 3.63) is 70.8 Å². The van der Waals surface area contributed by atoms with E-state index >= 15 is 0 Å². The van der Waals surface area contributed by atoms with Crippen LogP contribution in [0.25, 0.3) is 6.08 Å². The molecule has 0 heterocycles. The molecule has 2 aromatic carbocycles. The molecule has 0 amide bonds. The highest BCUT2D eigenvalue weighted by molar-refractivity contribution is 7.86. The van der Waals surface area contributed by atoms with Gasteiger partial charge in [-0.3, -0.25) is 9.35 Å². The van der Waals surface area contributed by atoms with Gasteiger partial charge in [0.2, 0.25) is 0 Å². The van der Waals surface area contributed by atoms with E-state index in [1.165, 1.54) is 24.3 Å². The molecule has 0 bridgehead atoms. The summed E-state index contributed by atoms with van der Waals surface area (Å²) in [6.45, 7) is 0. The number of hydrogen-bond donors (Lipinski definition) is 1. The third kappa shape index (κ3) is 4.01. The summed E-state index contributed by atoms with van der Waals surface area (Å²) in [7, 11) is -4.42. The lowest BCUT2D eigenvalue weighted by Crippen LogP contribution is -2.01. The number of hydrogen-bond acceptors (Lipinski definition) is 3. The summed E-state index contributed by atoms with van der Waals surface area (Å²) in [5.41, 5.74) is 0.669. The van der Waals surface area contributed by atoms with Gasteiger partial charge in [0, 0.05) is 10.6 Å². The zero-order valence-corrected chi connectivity index (χ0v) is 12.3. The van der Waals surface area contributed by atoms with Crippen molar-refractivity contribution in [2.24, 2.45) is 0 Å². The highest BCUT2D eigenvalue weighted by Crippen LogP contribution is 2.22. The van der Waals surface area contributed by atoms with Crippen LogP contribution in [0.2, 0.25) is 5.02 Å². The van der Waals surface area contributed by atoms with Crippen LogP contribution in [0.4, 0.5) is 0 Å². The quantitative estimate of drug-likeness (QED) is 0.531. The van der Waals surface area contributed by atoms with Crippen molar-refractivity contribution >= 4 is 33.6 Å². The number of carbonyl (C=O) groups is 1. The lowest BCUT2D eigenvalue weighted by Gasteiger charge is -2.03. The van der Waals surface area contributed by atoms with Crippen LogP contribution in [0.15, 0.2) is 59.5 Å². The largest absolute Gasteiger partial charge is 0.295 e. The van der Waals surface area contributed by atoms with Crippen LogP contribution in [0.3, 0.4) is 0 Å². The van der Waals surface area contributed by atoms with Gasteiger partial charge in [-0.1, -0.05) is 48.0 Å². The Morgan fingerprint density at radius 2 is 1.76 bits per heavy atom. The Morgan fingerprint density at radius 3 is 2.38 bits per heavy atom. The molecule has 0 spiro atoms. The molecule has 0 saturated heterocycles. The van der Waals surface area contributed by atoms with Crippen LogP contribution in [-0.4, -0.2) is 18.8 Å². The van der Waals surface area contributed by atoms with Gasteiger partial charge in [0.1, 0.15) is 4.90 Å². The fraction of sp³-hybridized carbons (Fsp3) is 0. The molecule has 0 radical (unpaired) electrons. The first-order valence-corrected chi connectivity index (χ1v) is 7.74. The van der Waals surface area contributed by atoms with Gasteiger partial charge >= 0.3 is 0 Å². The van der Waals surface area contributed by atoms with Crippen molar-refractivity contribution in [1.82, 2.24) is 0 Å². The van der Waals surface area contributed by atoms with Gasteiger partial charge < -0.3 is 0 Å². The molecule has 2 rings (SSSR count). The first-order chi connectivity index (χ1) is 9.88. The van der Waals surface area contributed by atoms with Gasteiger partial charge in [0.15, 0.2) is 5.78 Å². The lowest BCUT2D eigenvalue weighted by molar-refractivity contribution is 0.104. The second kappa shape index (κ2) is 6.22. The summed E-state index contributed by atoms with van der Waals surface area (Å²) < 4.78 is 31.8. The van der Waals surface area contributed by atoms with Crippen LogP contribution in [0.5, 0.6) is 0 Å². The van der Waals surface area contributed by atoms with Gasteiger partial charge in [-0.05, 0) is 29.8 Å². The molecule has 0 atom stereocenters. The van der Waals surface area contributed by atoms with Crippen molar-refractivity contribution in [2.75, 3.05) is 0 Å². The second-order valence-corrected chi connectivity index (χ2v) is 6.05. The predicted molar refractivity (Wildman–Crippen MR) is 81.1 cm³/mol. The average molecular weight is 323 g/mol. The Balaban J connectivity index is 2.36. The van der Waals surface area contributed by atoms with Crippen LogP contribution in [0.1, 0.15) is 15.9 Å². The molecule has 21 heavy (non-hydrogen) atoms. The summed E-state index contributed by atoms with van der Waals surface area (Å²) in [4.78, 5) is 11.6. The Hall–Kier alpha value is -1.95. The van der Waals surface area contributed by atoms with Gasteiger partial charge in [-0.15, -0.1) is 0 Å². The molecular formula is C15H11ClO4S. The van der Waals surface area contributed by atoms with E-state index < -0.39 is 10.1 Å². The van der Waals surface area contributed by atoms with E-state index in [1.54, 1.807) is 30.3 Å². The molecule has 0 aliphatic carbocycles. The molecule has 6 heteroatoms. The fourth-order valence-corrected chi connectivity index (χ4v) is 2.68. The van der Waals surface area contributed by atoms with Gasteiger partial charge in [-0.25, -0.2) is 0 Å². The molecule has 0 unspecified atom stereocenters. The van der Waals surface area contributed by atoms with Gasteiger partial charge in [0.25, 0.3) is 10.1 Å². The molecule has 108 valence electrons. The van der Waals surface area contributed by atoms with Crippen molar-refractivity contribution in [2.45, 2.75) is 4.90 Å². The molecule has 0 fully saturated rings. The summed E-state index contributed by atoms with van der Waals surface area (Å²) in [5, 5.41) is 0.175. The summed E-state index contributed by atoms with van der Waals surface area (Å²) in [5.74, 6) is -0.271. The number of halogens is 1. The first-order valence-electron chi connectivity index (χ1n) is 5.92. The first kappa shape index (κ1) is 15.4. The van der Waals surface area contributed by atoms with E-state index in [0.717, 1.165) is 6.07 Å². The van der Waals surface area contributed by atoms with Crippen molar-refractivity contribution < 1.29 is 17.8 Å². The molecule has 1 N–H and O–H groups in total. The molecule has 0 saturated carbocycles. The maximum absolute atomic E-state index is 11.9. The number of carbonyl (C=O) groups excluding carboxylic acids is 1. The molecule has 4 nitrogen and oxygen atoms in total. The zero-order valence-electron chi connectivity index (χ0n) is 10.7. The minimum Gasteiger partial charge on any atom is -0.289 e. The number of ketones is 1. The topological polar surface area (TPSA) is 71.4 Å². The van der Waals surface area contributed by atoms with E-state index in [0.29, 0.717) is 5.56 Å². The number of rotatable bonds is 4.